The van der Waals surface area contributed by atoms with Gasteiger partial charge < -0.3 is 15.6 Å². The molecule has 0 spiro atoms. The molecule has 3 heteroatoms. The molecule has 1 aliphatic carbocycles. The lowest BCUT2D eigenvalue weighted by Crippen LogP contribution is -2.38. The predicted octanol–water partition coefficient (Wildman–Crippen LogP) is 1.68. The molecule has 3 nitrogen and oxygen atoms in total. The van der Waals surface area contributed by atoms with E-state index in [1.165, 1.54) is 12.8 Å². The lowest BCUT2D eigenvalue weighted by atomic mass is 9.78. The minimum Gasteiger partial charge on any atom is -0.396 e. The Hall–Kier alpha value is -0.120. The third kappa shape index (κ3) is 2.96. The van der Waals surface area contributed by atoms with Crippen molar-refractivity contribution in [3.8, 4) is 0 Å². The second-order valence-electron chi connectivity index (χ2n) is 5.86. The lowest BCUT2D eigenvalue weighted by Gasteiger charge is -2.33. The Bertz CT molecular complexity index is 224. The number of nitrogens with two attached hydrogens (primary N) is 1. The van der Waals surface area contributed by atoms with E-state index in [9.17, 15) is 5.11 Å². The first-order chi connectivity index (χ1) is 7.67. The van der Waals surface area contributed by atoms with Gasteiger partial charge in [0.25, 0.3) is 0 Å². The van der Waals surface area contributed by atoms with E-state index in [-0.39, 0.29) is 12.0 Å². The summed E-state index contributed by atoms with van der Waals surface area (Å²) in [6.45, 7) is 2.94. The molecule has 1 aliphatic heterocycles. The second-order valence-corrected chi connectivity index (χ2v) is 5.86. The molecule has 0 aromatic carbocycles. The fourth-order valence-electron chi connectivity index (χ4n) is 2.90. The van der Waals surface area contributed by atoms with E-state index >= 15 is 0 Å². The molecule has 0 aromatic rings. The van der Waals surface area contributed by atoms with Crippen molar-refractivity contribution in [3.05, 3.63) is 0 Å². The highest BCUT2D eigenvalue weighted by molar-refractivity contribution is 4.90. The first-order valence-electron chi connectivity index (χ1n) is 6.64. The first-order valence-corrected chi connectivity index (χ1v) is 6.64. The SMILES string of the molecule is CC1CCC(CC(CN)(CO)CC2CC2)O1. The molecule has 0 bridgehead atoms. The molecule has 94 valence electrons. The van der Waals surface area contributed by atoms with Crippen LogP contribution >= 0.6 is 0 Å². The van der Waals surface area contributed by atoms with E-state index in [0.717, 1.165) is 31.6 Å². The maximum Gasteiger partial charge on any atom is 0.0586 e. The molecular weight excluding hydrogens is 202 g/mol. The first kappa shape index (κ1) is 12.3. The lowest BCUT2D eigenvalue weighted by molar-refractivity contribution is 0.00113. The van der Waals surface area contributed by atoms with E-state index in [1.54, 1.807) is 0 Å². The zero-order valence-corrected chi connectivity index (χ0v) is 10.3. The molecule has 1 saturated carbocycles. The normalized spacial score (nSPS) is 33.9. The summed E-state index contributed by atoms with van der Waals surface area (Å²) in [7, 11) is 0. The quantitative estimate of drug-likeness (QED) is 0.726. The zero-order valence-electron chi connectivity index (χ0n) is 10.3. The van der Waals surface area contributed by atoms with Crippen LogP contribution < -0.4 is 5.73 Å². The van der Waals surface area contributed by atoms with Crippen molar-refractivity contribution in [1.29, 1.82) is 0 Å². The standard InChI is InChI=1S/C13H25NO2/c1-10-2-5-12(16-10)7-13(8-14,9-15)6-11-3-4-11/h10-12,15H,2-9,14H2,1H3. The van der Waals surface area contributed by atoms with Gasteiger partial charge in [-0.1, -0.05) is 12.8 Å². The molecule has 1 saturated heterocycles. The van der Waals surface area contributed by atoms with E-state index in [4.69, 9.17) is 10.5 Å². The van der Waals surface area contributed by atoms with Gasteiger partial charge in [0.15, 0.2) is 0 Å². The molecule has 3 unspecified atom stereocenters. The fraction of sp³-hybridized carbons (Fsp3) is 1.00. The molecule has 16 heavy (non-hydrogen) atoms. The predicted molar refractivity (Wildman–Crippen MR) is 64.1 cm³/mol. The average molecular weight is 227 g/mol. The monoisotopic (exact) mass is 227 g/mol. The van der Waals surface area contributed by atoms with Crippen molar-refractivity contribution in [1.82, 2.24) is 0 Å². The van der Waals surface area contributed by atoms with Crippen LogP contribution in [0.15, 0.2) is 0 Å². The number of rotatable bonds is 6. The zero-order chi connectivity index (χ0) is 11.6. The summed E-state index contributed by atoms with van der Waals surface area (Å²) in [5.74, 6) is 0.814. The highest BCUT2D eigenvalue weighted by atomic mass is 16.5. The Balaban J connectivity index is 1.89. The Kier molecular flexibility index (Phi) is 3.88. The minimum atomic E-state index is -0.0735. The Morgan fingerprint density at radius 1 is 1.25 bits per heavy atom. The summed E-state index contributed by atoms with van der Waals surface area (Å²) in [4.78, 5) is 0. The number of ether oxygens (including phenoxy) is 1. The maximum absolute atomic E-state index is 9.64. The van der Waals surface area contributed by atoms with Gasteiger partial charge in [-0.2, -0.15) is 0 Å². The van der Waals surface area contributed by atoms with Gasteiger partial charge in [0.1, 0.15) is 0 Å². The summed E-state index contributed by atoms with van der Waals surface area (Å²) >= 11 is 0. The van der Waals surface area contributed by atoms with Gasteiger partial charge in [0.05, 0.1) is 18.8 Å². The van der Waals surface area contributed by atoms with Crippen LogP contribution in [0.1, 0.15) is 45.4 Å². The summed E-state index contributed by atoms with van der Waals surface area (Å²) in [5.41, 5.74) is 5.82. The van der Waals surface area contributed by atoms with Crippen LogP contribution in [-0.2, 0) is 4.74 Å². The number of hydrogen-bond acceptors (Lipinski definition) is 3. The van der Waals surface area contributed by atoms with Crippen LogP contribution in [0.3, 0.4) is 0 Å². The van der Waals surface area contributed by atoms with Gasteiger partial charge in [-0.3, -0.25) is 0 Å². The van der Waals surface area contributed by atoms with Crippen molar-refractivity contribution in [2.45, 2.75) is 57.7 Å². The van der Waals surface area contributed by atoms with Gasteiger partial charge in [-0.15, -0.1) is 0 Å². The van der Waals surface area contributed by atoms with E-state index in [1.807, 2.05) is 0 Å². The van der Waals surface area contributed by atoms with Crippen LogP contribution in [0.5, 0.6) is 0 Å². The van der Waals surface area contributed by atoms with Crippen LogP contribution in [0, 0.1) is 11.3 Å². The molecule has 1 heterocycles. The van der Waals surface area contributed by atoms with Crippen LogP contribution in [-0.4, -0.2) is 30.5 Å². The maximum atomic E-state index is 9.64. The molecule has 3 atom stereocenters. The Labute approximate surface area is 98.4 Å². The number of aliphatic hydroxyl groups excluding tert-OH is 1. The van der Waals surface area contributed by atoms with Gasteiger partial charge in [0, 0.05) is 12.0 Å². The van der Waals surface area contributed by atoms with Crippen LogP contribution in [0.4, 0.5) is 0 Å². The van der Waals surface area contributed by atoms with Gasteiger partial charge in [-0.05, 0) is 38.5 Å². The highest BCUT2D eigenvalue weighted by Crippen LogP contribution is 2.43. The molecule has 3 N–H and O–H groups in total. The van der Waals surface area contributed by atoms with Crippen molar-refractivity contribution in [3.63, 3.8) is 0 Å². The Morgan fingerprint density at radius 2 is 2.00 bits per heavy atom. The van der Waals surface area contributed by atoms with Gasteiger partial charge in [0.2, 0.25) is 0 Å². The van der Waals surface area contributed by atoms with Crippen LogP contribution in [0.2, 0.25) is 0 Å². The average Bonchev–Trinajstić information content (AvgIpc) is 3.00. The van der Waals surface area contributed by atoms with Crippen LogP contribution in [0.25, 0.3) is 0 Å². The van der Waals surface area contributed by atoms with Gasteiger partial charge >= 0.3 is 0 Å². The van der Waals surface area contributed by atoms with Crippen molar-refractivity contribution in [2.75, 3.05) is 13.2 Å². The summed E-state index contributed by atoms with van der Waals surface area (Å²) in [6.07, 6.45) is 7.68. The summed E-state index contributed by atoms with van der Waals surface area (Å²) < 4.78 is 5.86. The van der Waals surface area contributed by atoms with Crippen molar-refractivity contribution >= 4 is 0 Å². The molecule has 0 aromatic heterocycles. The van der Waals surface area contributed by atoms with E-state index < -0.39 is 0 Å². The minimum absolute atomic E-state index is 0.0735. The topological polar surface area (TPSA) is 55.5 Å². The van der Waals surface area contributed by atoms with E-state index in [0.29, 0.717) is 18.8 Å². The highest BCUT2D eigenvalue weighted by Gasteiger charge is 2.39. The van der Waals surface area contributed by atoms with Crippen molar-refractivity contribution < 1.29 is 9.84 Å². The number of aliphatic hydroxyl groups is 1. The van der Waals surface area contributed by atoms with E-state index in [2.05, 4.69) is 6.92 Å². The molecule has 0 amide bonds. The molecule has 0 radical (unpaired) electrons. The largest absolute Gasteiger partial charge is 0.396 e. The summed E-state index contributed by atoms with van der Waals surface area (Å²) in [6, 6.07) is 0. The van der Waals surface area contributed by atoms with Crippen molar-refractivity contribution in [2.24, 2.45) is 17.1 Å². The summed E-state index contributed by atoms with van der Waals surface area (Å²) in [5, 5.41) is 9.64. The second kappa shape index (κ2) is 5.03. The molecule has 2 rings (SSSR count). The Morgan fingerprint density at radius 3 is 2.44 bits per heavy atom. The van der Waals surface area contributed by atoms with Gasteiger partial charge in [-0.25, -0.2) is 0 Å². The fourth-order valence-corrected chi connectivity index (χ4v) is 2.90. The molecule has 2 aliphatic rings. The molecular formula is C13H25NO2. The third-order valence-electron chi connectivity index (χ3n) is 4.17. The third-order valence-corrected chi connectivity index (χ3v) is 4.17. The smallest absolute Gasteiger partial charge is 0.0586 e. The number of hydrogen-bond donors (Lipinski definition) is 2. The molecule has 2 fully saturated rings.